The Morgan fingerprint density at radius 1 is 1.17 bits per heavy atom. The van der Waals surface area contributed by atoms with Crippen molar-refractivity contribution < 1.29 is 4.79 Å². The van der Waals surface area contributed by atoms with Gasteiger partial charge in [-0.1, -0.05) is 30.2 Å². The van der Waals surface area contributed by atoms with Crippen LogP contribution in [0.25, 0.3) is 0 Å². The first-order valence-corrected chi connectivity index (χ1v) is 7.34. The Hall–Kier alpha value is -0.820. The number of hydrogen-bond donors (Lipinski definition) is 0. The monoisotopic (exact) mass is 262 g/mol. The van der Waals surface area contributed by atoms with Crippen LogP contribution in [0.15, 0.2) is 24.3 Å². The quantitative estimate of drug-likeness (QED) is 0.792. The molecule has 0 spiro atoms. The lowest BCUT2D eigenvalue weighted by Gasteiger charge is -2.20. The van der Waals surface area contributed by atoms with Crippen molar-refractivity contribution in [3.8, 4) is 0 Å². The van der Waals surface area contributed by atoms with Gasteiger partial charge >= 0.3 is 0 Å². The van der Waals surface area contributed by atoms with E-state index in [0.29, 0.717) is 18.1 Å². The number of carbonyl (C=O) groups excluding carboxylic acids is 1. The number of carbonyl (C=O) groups is 1. The van der Waals surface area contributed by atoms with Crippen LogP contribution in [0, 0.1) is 17.8 Å². The number of halogens is 1. The highest BCUT2D eigenvalue weighted by atomic mass is 35.5. The van der Waals surface area contributed by atoms with Crippen molar-refractivity contribution in [2.45, 2.75) is 38.5 Å². The first-order chi connectivity index (χ1) is 8.70. The van der Waals surface area contributed by atoms with E-state index in [9.17, 15) is 4.79 Å². The summed E-state index contributed by atoms with van der Waals surface area (Å²) < 4.78 is 0. The Morgan fingerprint density at radius 2 is 1.94 bits per heavy atom. The van der Waals surface area contributed by atoms with Crippen LogP contribution in [-0.2, 0) is 11.2 Å². The summed E-state index contributed by atoms with van der Waals surface area (Å²) in [5.74, 6) is 2.87. The minimum Gasteiger partial charge on any atom is -0.299 e. The Labute approximate surface area is 114 Å². The zero-order valence-corrected chi connectivity index (χ0v) is 11.3. The van der Waals surface area contributed by atoms with Gasteiger partial charge in [0.05, 0.1) is 0 Å². The van der Waals surface area contributed by atoms with Crippen LogP contribution in [0.4, 0.5) is 0 Å². The standard InChI is InChI=1S/C16H19ClO/c17-15-5-2-11(3-6-15)9-16(18)10-14-8-12-1-4-13(14)7-12/h2-3,5-6,12-14H,1,4,7-10H2. The normalized spacial score (nSPS) is 29.7. The minimum absolute atomic E-state index is 0.398. The molecule has 2 saturated carbocycles. The number of benzene rings is 1. The number of Topliss-reactive ketones (excluding diaryl/α,β-unsaturated/α-hetero) is 1. The fraction of sp³-hybridized carbons (Fsp3) is 0.562. The summed E-state index contributed by atoms with van der Waals surface area (Å²) in [5, 5.41) is 0.735. The number of fused-ring (bicyclic) bond motifs is 2. The number of hydrogen-bond acceptors (Lipinski definition) is 1. The third-order valence-electron chi connectivity index (χ3n) is 4.69. The maximum atomic E-state index is 12.1. The third-order valence-corrected chi connectivity index (χ3v) is 4.94. The summed E-state index contributed by atoms with van der Waals surface area (Å²) in [5.41, 5.74) is 1.09. The second-order valence-electron chi connectivity index (χ2n) is 5.98. The average molecular weight is 263 g/mol. The van der Waals surface area contributed by atoms with Crippen LogP contribution in [-0.4, -0.2) is 5.78 Å². The lowest BCUT2D eigenvalue weighted by molar-refractivity contribution is -0.119. The Bertz CT molecular complexity index is 437. The fourth-order valence-electron chi connectivity index (χ4n) is 3.82. The Morgan fingerprint density at radius 3 is 2.56 bits per heavy atom. The van der Waals surface area contributed by atoms with Gasteiger partial charge in [-0.25, -0.2) is 0 Å². The maximum Gasteiger partial charge on any atom is 0.137 e. The molecule has 0 heterocycles. The summed E-state index contributed by atoms with van der Waals surface area (Å²) in [6.07, 6.45) is 6.83. The molecule has 0 radical (unpaired) electrons. The van der Waals surface area contributed by atoms with E-state index in [2.05, 4.69) is 0 Å². The molecule has 2 fully saturated rings. The van der Waals surface area contributed by atoms with E-state index in [-0.39, 0.29) is 0 Å². The first kappa shape index (κ1) is 12.2. The second kappa shape index (κ2) is 5.05. The predicted octanol–water partition coefficient (Wildman–Crippen LogP) is 4.28. The molecule has 2 aliphatic carbocycles. The molecular formula is C16H19ClO. The number of ketones is 1. The van der Waals surface area contributed by atoms with Crippen LogP contribution in [0.2, 0.25) is 5.02 Å². The summed E-state index contributed by atoms with van der Waals surface area (Å²) in [7, 11) is 0. The van der Waals surface area contributed by atoms with Crippen molar-refractivity contribution >= 4 is 17.4 Å². The van der Waals surface area contributed by atoms with Crippen LogP contribution in [0.1, 0.15) is 37.7 Å². The molecule has 1 aromatic carbocycles. The van der Waals surface area contributed by atoms with Gasteiger partial charge in [0.25, 0.3) is 0 Å². The molecule has 2 heteroatoms. The topological polar surface area (TPSA) is 17.1 Å². The van der Waals surface area contributed by atoms with Crippen molar-refractivity contribution in [3.63, 3.8) is 0 Å². The van der Waals surface area contributed by atoms with E-state index in [1.165, 1.54) is 25.7 Å². The van der Waals surface area contributed by atoms with Gasteiger partial charge in [-0.15, -0.1) is 0 Å². The van der Waals surface area contributed by atoms with Gasteiger partial charge in [0.15, 0.2) is 0 Å². The van der Waals surface area contributed by atoms with Crippen LogP contribution in [0.5, 0.6) is 0 Å². The highest BCUT2D eigenvalue weighted by Crippen LogP contribution is 2.49. The van der Waals surface area contributed by atoms with Crippen molar-refractivity contribution in [1.82, 2.24) is 0 Å². The SMILES string of the molecule is O=C(Cc1ccc(Cl)cc1)CC1CC2CCC1C2. The zero-order valence-electron chi connectivity index (χ0n) is 10.6. The van der Waals surface area contributed by atoms with Crippen molar-refractivity contribution in [2.24, 2.45) is 17.8 Å². The minimum atomic E-state index is 0.398. The summed E-state index contributed by atoms with van der Waals surface area (Å²) in [4.78, 5) is 12.1. The van der Waals surface area contributed by atoms with Gasteiger partial charge in [-0.3, -0.25) is 4.79 Å². The van der Waals surface area contributed by atoms with Crippen molar-refractivity contribution in [2.75, 3.05) is 0 Å². The lowest BCUT2D eigenvalue weighted by Crippen LogP contribution is -2.16. The van der Waals surface area contributed by atoms with Crippen LogP contribution >= 0.6 is 11.6 Å². The van der Waals surface area contributed by atoms with E-state index in [0.717, 1.165) is 28.8 Å². The molecule has 3 unspecified atom stereocenters. The summed E-state index contributed by atoms with van der Waals surface area (Å²) >= 11 is 5.84. The molecule has 0 aromatic heterocycles. The van der Waals surface area contributed by atoms with E-state index in [4.69, 9.17) is 11.6 Å². The molecule has 96 valence electrons. The lowest BCUT2D eigenvalue weighted by atomic mass is 9.84. The maximum absolute atomic E-state index is 12.1. The van der Waals surface area contributed by atoms with E-state index in [1.807, 2.05) is 24.3 Å². The Kier molecular flexibility index (Phi) is 3.43. The zero-order chi connectivity index (χ0) is 12.5. The molecule has 3 rings (SSSR count). The fourth-order valence-corrected chi connectivity index (χ4v) is 3.95. The molecule has 2 aliphatic rings. The average Bonchev–Trinajstić information content (AvgIpc) is 2.94. The van der Waals surface area contributed by atoms with Crippen LogP contribution < -0.4 is 0 Å². The first-order valence-electron chi connectivity index (χ1n) is 6.97. The summed E-state index contributed by atoms with van der Waals surface area (Å²) in [6.45, 7) is 0. The Balaban J connectivity index is 1.54. The third kappa shape index (κ3) is 2.61. The molecule has 3 atom stereocenters. The highest BCUT2D eigenvalue weighted by molar-refractivity contribution is 6.30. The smallest absolute Gasteiger partial charge is 0.137 e. The molecule has 18 heavy (non-hydrogen) atoms. The van der Waals surface area contributed by atoms with E-state index >= 15 is 0 Å². The van der Waals surface area contributed by atoms with Gasteiger partial charge in [0.2, 0.25) is 0 Å². The van der Waals surface area contributed by atoms with E-state index < -0.39 is 0 Å². The predicted molar refractivity (Wildman–Crippen MR) is 73.7 cm³/mol. The van der Waals surface area contributed by atoms with Gasteiger partial charge in [-0.2, -0.15) is 0 Å². The van der Waals surface area contributed by atoms with Crippen molar-refractivity contribution in [1.29, 1.82) is 0 Å². The van der Waals surface area contributed by atoms with E-state index in [1.54, 1.807) is 0 Å². The number of rotatable bonds is 4. The summed E-state index contributed by atoms with van der Waals surface area (Å²) in [6, 6.07) is 7.64. The van der Waals surface area contributed by atoms with Crippen LogP contribution in [0.3, 0.4) is 0 Å². The molecule has 1 aromatic rings. The molecule has 0 saturated heterocycles. The van der Waals surface area contributed by atoms with Gasteiger partial charge in [-0.05, 0) is 54.7 Å². The molecule has 0 amide bonds. The second-order valence-corrected chi connectivity index (χ2v) is 6.42. The molecule has 0 aliphatic heterocycles. The van der Waals surface area contributed by atoms with Gasteiger partial charge in [0.1, 0.15) is 5.78 Å². The molecule has 1 nitrogen and oxygen atoms in total. The molecular weight excluding hydrogens is 244 g/mol. The molecule has 2 bridgehead atoms. The van der Waals surface area contributed by atoms with Crippen molar-refractivity contribution in [3.05, 3.63) is 34.9 Å². The highest BCUT2D eigenvalue weighted by Gasteiger charge is 2.39. The molecule has 0 N–H and O–H groups in total. The van der Waals surface area contributed by atoms with Gasteiger partial charge < -0.3 is 0 Å². The van der Waals surface area contributed by atoms with Gasteiger partial charge in [0, 0.05) is 17.9 Å². The largest absolute Gasteiger partial charge is 0.299 e.